The molecular weight excluding hydrogens is 213 g/mol. The first-order valence-electron chi connectivity index (χ1n) is 4.42. The molecule has 0 aliphatic rings. The van der Waals surface area contributed by atoms with Crippen LogP contribution in [0.4, 0.5) is 4.39 Å². The molecule has 0 spiro atoms. The topological polar surface area (TPSA) is 30.0 Å². The van der Waals surface area contributed by atoms with Gasteiger partial charge in [-0.05, 0) is 17.7 Å². The Morgan fingerprint density at radius 3 is 2.67 bits per heavy atom. The summed E-state index contributed by atoms with van der Waals surface area (Å²) in [4.78, 5) is 16.1. The molecule has 2 nitrogen and oxygen atoms in total. The maximum absolute atomic E-state index is 12.6. The summed E-state index contributed by atoms with van der Waals surface area (Å²) in [6.07, 6.45) is 1.85. The van der Waals surface area contributed by atoms with E-state index >= 15 is 0 Å². The number of Topliss-reactive ketones (excluding diaryl/α,β-unsaturated/α-hetero) is 1. The van der Waals surface area contributed by atoms with Crippen LogP contribution in [0, 0.1) is 5.82 Å². The number of thiazole rings is 1. The summed E-state index contributed by atoms with van der Waals surface area (Å²) in [5.74, 6) is -0.270. The normalized spacial score (nSPS) is 10.2. The second-order valence-corrected chi connectivity index (χ2v) is 3.98. The van der Waals surface area contributed by atoms with Crippen LogP contribution in [-0.2, 0) is 6.42 Å². The molecule has 2 aromatic rings. The fourth-order valence-electron chi connectivity index (χ4n) is 1.23. The number of hydrogen-bond donors (Lipinski definition) is 0. The Bertz CT molecular complexity index is 450. The predicted molar refractivity (Wildman–Crippen MR) is 56.5 cm³/mol. The fourth-order valence-corrected chi connectivity index (χ4v) is 1.79. The molecule has 0 bridgehead atoms. The number of carbonyl (C=O) groups excluding carboxylic acids is 1. The van der Waals surface area contributed by atoms with Gasteiger partial charge in [0, 0.05) is 12.6 Å². The minimum absolute atomic E-state index is 0.0177. The average Bonchev–Trinajstić information content (AvgIpc) is 2.74. The van der Waals surface area contributed by atoms with Crippen molar-refractivity contribution in [2.24, 2.45) is 0 Å². The minimum atomic E-state index is -0.288. The first-order valence-corrected chi connectivity index (χ1v) is 5.30. The molecule has 1 heterocycles. The number of halogens is 1. The maximum Gasteiger partial charge on any atom is 0.178 e. The highest BCUT2D eigenvalue weighted by Crippen LogP contribution is 2.11. The van der Waals surface area contributed by atoms with Gasteiger partial charge in [-0.3, -0.25) is 9.78 Å². The highest BCUT2D eigenvalue weighted by atomic mass is 32.1. The molecule has 0 amide bonds. The third-order valence-electron chi connectivity index (χ3n) is 1.99. The summed E-state index contributed by atoms with van der Waals surface area (Å²) >= 11 is 1.32. The maximum atomic E-state index is 12.6. The number of nitrogens with zero attached hydrogens (tertiary/aromatic N) is 1. The van der Waals surface area contributed by atoms with Crippen LogP contribution in [0.1, 0.15) is 15.2 Å². The van der Waals surface area contributed by atoms with Crippen LogP contribution in [0.3, 0.4) is 0 Å². The lowest BCUT2D eigenvalue weighted by atomic mass is 10.1. The number of carbonyl (C=O) groups is 1. The molecule has 1 aromatic carbocycles. The predicted octanol–water partition coefficient (Wildman–Crippen LogP) is 2.71. The summed E-state index contributed by atoms with van der Waals surface area (Å²) in [5, 5.41) is 0. The molecule has 0 unspecified atom stereocenters. The Kier molecular flexibility index (Phi) is 2.87. The molecule has 15 heavy (non-hydrogen) atoms. The van der Waals surface area contributed by atoms with Crippen LogP contribution in [-0.4, -0.2) is 10.8 Å². The Morgan fingerprint density at radius 2 is 2.07 bits per heavy atom. The van der Waals surface area contributed by atoms with Gasteiger partial charge in [-0.2, -0.15) is 0 Å². The average molecular weight is 221 g/mol. The van der Waals surface area contributed by atoms with Crippen molar-refractivity contribution in [2.45, 2.75) is 6.42 Å². The Hall–Kier alpha value is -1.55. The second-order valence-electron chi connectivity index (χ2n) is 3.09. The molecule has 2 rings (SSSR count). The van der Waals surface area contributed by atoms with E-state index in [0.29, 0.717) is 11.3 Å². The smallest absolute Gasteiger partial charge is 0.178 e. The molecule has 0 saturated heterocycles. The van der Waals surface area contributed by atoms with Crippen LogP contribution in [0.15, 0.2) is 36.0 Å². The first kappa shape index (κ1) is 9.98. The van der Waals surface area contributed by atoms with E-state index in [1.807, 2.05) is 0 Å². The van der Waals surface area contributed by atoms with E-state index in [0.717, 1.165) is 5.56 Å². The number of hydrogen-bond acceptors (Lipinski definition) is 3. The van der Waals surface area contributed by atoms with E-state index in [9.17, 15) is 9.18 Å². The zero-order valence-electron chi connectivity index (χ0n) is 7.81. The third-order valence-corrected chi connectivity index (χ3v) is 2.80. The Morgan fingerprint density at radius 1 is 1.33 bits per heavy atom. The first-order chi connectivity index (χ1) is 7.25. The van der Waals surface area contributed by atoms with Crippen molar-refractivity contribution >= 4 is 17.1 Å². The number of ketones is 1. The lowest BCUT2D eigenvalue weighted by molar-refractivity contribution is 0.0996. The molecule has 0 radical (unpaired) electrons. The van der Waals surface area contributed by atoms with E-state index in [4.69, 9.17) is 0 Å². The van der Waals surface area contributed by atoms with Gasteiger partial charge >= 0.3 is 0 Å². The van der Waals surface area contributed by atoms with Gasteiger partial charge in [0.05, 0.1) is 10.4 Å². The molecule has 0 aliphatic heterocycles. The van der Waals surface area contributed by atoms with Gasteiger partial charge in [-0.1, -0.05) is 12.1 Å². The van der Waals surface area contributed by atoms with E-state index < -0.39 is 0 Å². The van der Waals surface area contributed by atoms with Crippen molar-refractivity contribution in [3.63, 3.8) is 0 Å². The zero-order valence-corrected chi connectivity index (χ0v) is 8.63. The van der Waals surface area contributed by atoms with Gasteiger partial charge in [0.25, 0.3) is 0 Å². The van der Waals surface area contributed by atoms with Gasteiger partial charge in [0.2, 0.25) is 0 Å². The Balaban J connectivity index is 2.09. The van der Waals surface area contributed by atoms with Crippen LogP contribution in [0.5, 0.6) is 0 Å². The molecular formula is C11H8FNOS. The van der Waals surface area contributed by atoms with E-state index in [-0.39, 0.29) is 11.6 Å². The van der Waals surface area contributed by atoms with Crippen LogP contribution in [0.25, 0.3) is 0 Å². The zero-order chi connectivity index (χ0) is 10.7. The lowest BCUT2D eigenvalue weighted by Crippen LogP contribution is -2.00. The van der Waals surface area contributed by atoms with Crippen molar-refractivity contribution in [1.29, 1.82) is 0 Å². The van der Waals surface area contributed by atoms with E-state index in [2.05, 4.69) is 4.98 Å². The highest BCUT2D eigenvalue weighted by Gasteiger charge is 2.08. The van der Waals surface area contributed by atoms with Gasteiger partial charge in [0.15, 0.2) is 5.78 Å². The largest absolute Gasteiger partial charge is 0.293 e. The second kappa shape index (κ2) is 4.31. The van der Waals surface area contributed by atoms with Crippen molar-refractivity contribution in [3.05, 3.63) is 52.2 Å². The molecule has 0 atom stereocenters. The van der Waals surface area contributed by atoms with Crippen LogP contribution < -0.4 is 0 Å². The molecule has 76 valence electrons. The monoisotopic (exact) mass is 221 g/mol. The summed E-state index contributed by atoms with van der Waals surface area (Å²) in [6, 6.07) is 5.95. The van der Waals surface area contributed by atoms with Crippen LogP contribution in [0.2, 0.25) is 0 Å². The van der Waals surface area contributed by atoms with Gasteiger partial charge in [0.1, 0.15) is 5.82 Å². The minimum Gasteiger partial charge on any atom is -0.293 e. The molecule has 0 aliphatic carbocycles. The Labute approximate surface area is 90.4 Å². The summed E-state index contributed by atoms with van der Waals surface area (Å²) in [5.41, 5.74) is 2.44. The van der Waals surface area contributed by atoms with Crippen molar-refractivity contribution in [2.75, 3.05) is 0 Å². The SMILES string of the molecule is O=C(Cc1ccc(F)cc1)c1cncs1. The highest BCUT2D eigenvalue weighted by molar-refractivity contribution is 7.11. The number of rotatable bonds is 3. The number of benzene rings is 1. The quantitative estimate of drug-likeness (QED) is 0.746. The van der Waals surface area contributed by atoms with Crippen molar-refractivity contribution in [1.82, 2.24) is 4.98 Å². The van der Waals surface area contributed by atoms with E-state index in [1.54, 1.807) is 23.8 Å². The lowest BCUT2D eigenvalue weighted by Gasteiger charge is -1.98. The summed E-state index contributed by atoms with van der Waals surface area (Å²) in [7, 11) is 0. The molecule has 0 fully saturated rings. The van der Waals surface area contributed by atoms with Crippen molar-refractivity contribution in [3.8, 4) is 0 Å². The van der Waals surface area contributed by atoms with Gasteiger partial charge in [-0.15, -0.1) is 11.3 Å². The molecule has 0 saturated carbocycles. The van der Waals surface area contributed by atoms with Gasteiger partial charge in [-0.25, -0.2) is 4.39 Å². The fraction of sp³-hybridized carbons (Fsp3) is 0.0909. The molecule has 1 aromatic heterocycles. The van der Waals surface area contributed by atoms with Crippen LogP contribution >= 0.6 is 11.3 Å². The standard InChI is InChI=1S/C11H8FNOS/c12-9-3-1-8(2-4-9)5-10(14)11-6-13-7-15-11/h1-4,6-7H,5H2. The molecule has 0 N–H and O–H groups in total. The summed E-state index contributed by atoms with van der Waals surface area (Å²) < 4.78 is 12.6. The summed E-state index contributed by atoms with van der Waals surface area (Å²) in [6.45, 7) is 0. The van der Waals surface area contributed by atoms with Gasteiger partial charge < -0.3 is 0 Å². The van der Waals surface area contributed by atoms with Crippen molar-refractivity contribution < 1.29 is 9.18 Å². The number of aromatic nitrogens is 1. The van der Waals surface area contributed by atoms with E-state index in [1.165, 1.54) is 23.5 Å². The third kappa shape index (κ3) is 2.47. The molecule has 4 heteroatoms.